The van der Waals surface area contributed by atoms with Gasteiger partial charge in [-0.1, -0.05) is 13.8 Å². The fraction of sp³-hybridized carbons (Fsp3) is 0.583. The van der Waals surface area contributed by atoms with Crippen molar-refractivity contribution >= 4 is 15.7 Å². The van der Waals surface area contributed by atoms with E-state index in [0.717, 1.165) is 0 Å². The van der Waals surface area contributed by atoms with Crippen LogP contribution >= 0.6 is 0 Å². The molecule has 0 atom stereocenters. The van der Waals surface area contributed by atoms with Gasteiger partial charge in [-0.25, -0.2) is 12.7 Å². The quantitative estimate of drug-likeness (QED) is 0.857. The number of nitrogens with zero attached hydrogens (tertiary/aromatic N) is 2. The number of anilines is 1. The molecule has 0 bridgehead atoms. The lowest BCUT2D eigenvalue weighted by molar-refractivity contribution is 0.417. The van der Waals surface area contributed by atoms with E-state index in [-0.39, 0.29) is 10.8 Å². The summed E-state index contributed by atoms with van der Waals surface area (Å²) in [5.41, 5.74) is 0.600. The summed E-state index contributed by atoms with van der Waals surface area (Å²) in [4.78, 5) is 4.14. The second-order valence-electron chi connectivity index (χ2n) is 4.58. The first-order chi connectivity index (χ1) is 8.39. The zero-order valence-corrected chi connectivity index (χ0v) is 12.2. The Balaban J connectivity index is 3.11. The lowest BCUT2D eigenvalue weighted by atomic mass is 10.2. The van der Waals surface area contributed by atoms with Gasteiger partial charge < -0.3 is 5.32 Å². The third-order valence-electron chi connectivity index (χ3n) is 2.46. The minimum Gasteiger partial charge on any atom is -0.384 e. The van der Waals surface area contributed by atoms with Crippen LogP contribution in [0.2, 0.25) is 0 Å². The summed E-state index contributed by atoms with van der Waals surface area (Å²) in [6, 6.07) is 1.68. The molecule has 5 nitrogen and oxygen atoms in total. The molecule has 1 N–H and O–H groups in total. The zero-order valence-electron chi connectivity index (χ0n) is 11.3. The Hall–Kier alpha value is -1.14. The highest BCUT2D eigenvalue weighted by Gasteiger charge is 2.24. The number of sulfonamides is 1. The van der Waals surface area contributed by atoms with E-state index >= 15 is 0 Å². The molecule has 1 aromatic rings. The third-order valence-corrected chi connectivity index (χ3v) is 4.31. The van der Waals surface area contributed by atoms with Crippen molar-refractivity contribution in [1.82, 2.24) is 9.29 Å². The van der Waals surface area contributed by atoms with Gasteiger partial charge in [-0.15, -0.1) is 0 Å². The Morgan fingerprint density at radius 2 is 2.11 bits per heavy atom. The fourth-order valence-corrected chi connectivity index (χ4v) is 3.14. The van der Waals surface area contributed by atoms with Crippen LogP contribution in [0, 0.1) is 5.92 Å². The van der Waals surface area contributed by atoms with Crippen molar-refractivity contribution in [1.29, 1.82) is 0 Å². The molecular formula is C12H21N3O2S. The highest BCUT2D eigenvalue weighted by atomic mass is 32.2. The monoisotopic (exact) mass is 271 g/mol. The Labute approximate surface area is 109 Å². The molecular weight excluding hydrogens is 250 g/mol. The molecule has 0 unspecified atom stereocenters. The summed E-state index contributed by atoms with van der Waals surface area (Å²) in [5.74, 6) is 0.282. The van der Waals surface area contributed by atoms with Crippen LogP contribution in [0.3, 0.4) is 0 Å². The average molecular weight is 271 g/mol. The molecule has 18 heavy (non-hydrogen) atoms. The van der Waals surface area contributed by atoms with Gasteiger partial charge in [0.15, 0.2) is 0 Å². The SMILES string of the molecule is CCNc1ccncc1S(=O)(=O)N(C)CC(C)C. The smallest absolute Gasteiger partial charge is 0.246 e. The average Bonchev–Trinajstić information content (AvgIpc) is 2.29. The highest BCUT2D eigenvalue weighted by molar-refractivity contribution is 7.89. The molecule has 0 saturated heterocycles. The normalized spacial score (nSPS) is 12.1. The van der Waals surface area contributed by atoms with Crippen LogP contribution in [-0.4, -0.2) is 37.8 Å². The van der Waals surface area contributed by atoms with Gasteiger partial charge >= 0.3 is 0 Å². The summed E-state index contributed by atoms with van der Waals surface area (Å²) in [7, 11) is -1.88. The van der Waals surface area contributed by atoms with Crippen molar-refractivity contribution < 1.29 is 8.42 Å². The summed E-state index contributed by atoms with van der Waals surface area (Å²) in [6.07, 6.45) is 2.98. The predicted octanol–water partition coefficient (Wildman–Crippen LogP) is 1.79. The maximum Gasteiger partial charge on any atom is 0.246 e. The van der Waals surface area contributed by atoms with E-state index in [1.165, 1.54) is 10.5 Å². The first kappa shape index (κ1) is 14.9. The van der Waals surface area contributed by atoms with Crippen molar-refractivity contribution in [3.8, 4) is 0 Å². The standard InChI is InChI=1S/C12H21N3O2S/c1-5-14-11-6-7-13-8-12(11)18(16,17)15(4)9-10(2)3/h6-8,10H,5,9H2,1-4H3,(H,13,14). The Morgan fingerprint density at radius 1 is 1.44 bits per heavy atom. The molecule has 0 spiro atoms. The summed E-state index contributed by atoms with van der Waals surface area (Å²) >= 11 is 0. The van der Waals surface area contributed by atoms with Crippen molar-refractivity contribution in [3.05, 3.63) is 18.5 Å². The van der Waals surface area contributed by atoms with E-state index in [1.807, 2.05) is 20.8 Å². The summed E-state index contributed by atoms with van der Waals surface area (Å²) < 4.78 is 26.2. The van der Waals surface area contributed by atoms with Crippen LogP contribution in [0.25, 0.3) is 0 Å². The zero-order chi connectivity index (χ0) is 13.8. The van der Waals surface area contributed by atoms with E-state index < -0.39 is 10.0 Å². The van der Waals surface area contributed by atoms with Crippen LogP contribution in [0.15, 0.2) is 23.4 Å². The van der Waals surface area contributed by atoms with E-state index in [9.17, 15) is 8.42 Å². The van der Waals surface area contributed by atoms with Gasteiger partial charge in [-0.3, -0.25) is 4.98 Å². The van der Waals surface area contributed by atoms with Crippen LogP contribution in [-0.2, 0) is 10.0 Å². The molecule has 0 amide bonds. The van der Waals surface area contributed by atoms with E-state index in [4.69, 9.17) is 0 Å². The topological polar surface area (TPSA) is 62.3 Å². The minimum atomic E-state index is -3.48. The number of hydrogen-bond acceptors (Lipinski definition) is 4. The molecule has 1 aromatic heterocycles. The van der Waals surface area contributed by atoms with Crippen molar-refractivity contribution in [2.75, 3.05) is 25.5 Å². The van der Waals surface area contributed by atoms with Crippen LogP contribution in [0.5, 0.6) is 0 Å². The van der Waals surface area contributed by atoms with Crippen molar-refractivity contribution in [3.63, 3.8) is 0 Å². The largest absolute Gasteiger partial charge is 0.384 e. The first-order valence-electron chi connectivity index (χ1n) is 6.03. The Bertz CT molecular complexity index is 486. The number of pyridine rings is 1. The maximum atomic E-state index is 12.4. The van der Waals surface area contributed by atoms with Gasteiger partial charge in [-0.2, -0.15) is 0 Å². The lowest BCUT2D eigenvalue weighted by Gasteiger charge is -2.20. The predicted molar refractivity (Wildman–Crippen MR) is 73.1 cm³/mol. The van der Waals surface area contributed by atoms with Gasteiger partial charge in [0.2, 0.25) is 10.0 Å². The number of aromatic nitrogens is 1. The van der Waals surface area contributed by atoms with Gasteiger partial charge in [-0.05, 0) is 18.9 Å². The summed E-state index contributed by atoms with van der Waals surface area (Å²) in [6.45, 7) is 7.05. The molecule has 0 radical (unpaired) electrons. The molecule has 1 rings (SSSR count). The molecule has 1 heterocycles. The van der Waals surface area contributed by atoms with E-state index in [1.54, 1.807) is 19.3 Å². The molecule has 0 aliphatic heterocycles. The molecule has 102 valence electrons. The van der Waals surface area contributed by atoms with Gasteiger partial charge in [0, 0.05) is 32.5 Å². The first-order valence-corrected chi connectivity index (χ1v) is 7.47. The molecule has 0 saturated carbocycles. The Morgan fingerprint density at radius 3 is 2.67 bits per heavy atom. The van der Waals surface area contributed by atoms with E-state index in [2.05, 4.69) is 10.3 Å². The third kappa shape index (κ3) is 3.43. The molecule has 0 fully saturated rings. The number of nitrogens with one attached hydrogen (secondary N) is 1. The molecule has 0 aromatic carbocycles. The van der Waals surface area contributed by atoms with E-state index in [0.29, 0.717) is 18.8 Å². The minimum absolute atomic E-state index is 0.231. The number of rotatable bonds is 6. The molecule has 0 aliphatic carbocycles. The molecule has 6 heteroatoms. The van der Waals surface area contributed by atoms with Gasteiger partial charge in [0.25, 0.3) is 0 Å². The van der Waals surface area contributed by atoms with Gasteiger partial charge in [0.1, 0.15) is 4.90 Å². The second kappa shape index (κ2) is 6.15. The van der Waals surface area contributed by atoms with Crippen LogP contribution in [0.1, 0.15) is 20.8 Å². The van der Waals surface area contributed by atoms with Crippen LogP contribution < -0.4 is 5.32 Å². The lowest BCUT2D eigenvalue weighted by Crippen LogP contribution is -2.31. The summed E-state index contributed by atoms with van der Waals surface area (Å²) in [5, 5.41) is 3.04. The van der Waals surface area contributed by atoms with Crippen molar-refractivity contribution in [2.45, 2.75) is 25.7 Å². The number of hydrogen-bond donors (Lipinski definition) is 1. The fourth-order valence-electron chi connectivity index (χ4n) is 1.70. The van der Waals surface area contributed by atoms with Crippen molar-refractivity contribution in [2.24, 2.45) is 5.92 Å². The van der Waals surface area contributed by atoms with Crippen LogP contribution in [0.4, 0.5) is 5.69 Å². The van der Waals surface area contributed by atoms with Gasteiger partial charge in [0.05, 0.1) is 5.69 Å². The Kier molecular flexibility index (Phi) is 5.10. The second-order valence-corrected chi connectivity index (χ2v) is 6.59. The highest BCUT2D eigenvalue weighted by Crippen LogP contribution is 2.23. The maximum absolute atomic E-state index is 12.4. The molecule has 0 aliphatic rings.